The molecule has 0 atom stereocenters. The first-order valence-electron chi connectivity index (χ1n) is 9.94. The molecule has 2 heterocycles. The van der Waals surface area contributed by atoms with Crippen molar-refractivity contribution in [3.63, 3.8) is 0 Å². The lowest BCUT2D eigenvalue weighted by Crippen LogP contribution is -2.15. The molecule has 31 heavy (non-hydrogen) atoms. The molecule has 6 nitrogen and oxygen atoms in total. The number of halogens is 2. The number of hydrogen-bond acceptors (Lipinski definition) is 6. The number of esters is 1. The van der Waals surface area contributed by atoms with Crippen LogP contribution in [0.3, 0.4) is 0 Å². The van der Waals surface area contributed by atoms with Crippen LogP contribution in [0.4, 0.5) is 13.8 Å². The van der Waals surface area contributed by atoms with Crippen LogP contribution in [0.15, 0.2) is 34.2 Å². The van der Waals surface area contributed by atoms with Crippen LogP contribution in [0.25, 0.3) is 11.3 Å². The molecule has 4 rings (SSSR count). The summed E-state index contributed by atoms with van der Waals surface area (Å²) >= 11 is 1.31. The van der Waals surface area contributed by atoms with E-state index in [2.05, 4.69) is 10.3 Å². The molecule has 1 aliphatic rings. The van der Waals surface area contributed by atoms with Crippen molar-refractivity contribution >= 4 is 28.2 Å². The maximum Gasteiger partial charge on any atom is 0.341 e. The lowest BCUT2D eigenvalue weighted by molar-refractivity contribution is -0.116. The number of carbonyl (C=O) groups excluding carboxylic acids is 2. The van der Waals surface area contributed by atoms with E-state index in [0.717, 1.165) is 30.5 Å². The normalized spacial score (nSPS) is 13.3. The van der Waals surface area contributed by atoms with Crippen LogP contribution in [0, 0.1) is 11.6 Å². The van der Waals surface area contributed by atoms with E-state index in [1.165, 1.54) is 23.6 Å². The highest BCUT2D eigenvalue weighted by atomic mass is 32.1. The minimum atomic E-state index is -0.754. The van der Waals surface area contributed by atoms with Crippen LogP contribution in [0.5, 0.6) is 0 Å². The van der Waals surface area contributed by atoms with Gasteiger partial charge in [0.25, 0.3) is 0 Å². The quantitative estimate of drug-likeness (QED) is 0.475. The average Bonchev–Trinajstić information content (AvgIpc) is 3.32. The summed E-state index contributed by atoms with van der Waals surface area (Å²) in [6.07, 6.45) is 3.63. The van der Waals surface area contributed by atoms with E-state index in [0.29, 0.717) is 16.5 Å². The molecular weight excluding hydrogens is 426 g/mol. The Balaban J connectivity index is 1.40. The first kappa shape index (κ1) is 21.2. The standard InChI is InChI=1S/C22H20F2N2O4S/c1-2-29-22(28)20-15(12-3-4-12)11-31-21(20)26-18(27)7-8-19-25-10-17(30-19)14-6-5-13(23)9-16(14)24/h5-6,9-12H,2-4,7-8H2,1H3,(H,26,27). The number of carbonyl (C=O) groups is 2. The predicted octanol–water partition coefficient (Wildman–Crippen LogP) is 5.31. The maximum absolute atomic E-state index is 13.9. The van der Waals surface area contributed by atoms with Crippen LogP contribution in [0.1, 0.15) is 53.9 Å². The highest BCUT2D eigenvalue weighted by Crippen LogP contribution is 2.46. The predicted molar refractivity (Wildman–Crippen MR) is 111 cm³/mol. The molecule has 0 aliphatic heterocycles. The third-order valence-electron chi connectivity index (χ3n) is 4.89. The van der Waals surface area contributed by atoms with Gasteiger partial charge in [-0.3, -0.25) is 4.79 Å². The van der Waals surface area contributed by atoms with Gasteiger partial charge in [0.15, 0.2) is 11.7 Å². The second-order valence-corrected chi connectivity index (χ2v) is 8.06. The molecule has 0 bridgehead atoms. The Labute approximate surface area is 181 Å². The van der Waals surface area contributed by atoms with E-state index >= 15 is 0 Å². The first-order chi connectivity index (χ1) is 15.0. The van der Waals surface area contributed by atoms with Crippen LogP contribution >= 0.6 is 11.3 Å². The molecule has 0 spiro atoms. The van der Waals surface area contributed by atoms with Crippen LogP contribution in [-0.4, -0.2) is 23.5 Å². The minimum Gasteiger partial charge on any atom is -0.462 e. The summed E-state index contributed by atoms with van der Waals surface area (Å²) in [4.78, 5) is 28.9. The zero-order valence-corrected chi connectivity index (χ0v) is 17.6. The molecule has 0 radical (unpaired) electrons. The van der Waals surface area contributed by atoms with Crippen molar-refractivity contribution in [2.75, 3.05) is 11.9 Å². The molecule has 162 valence electrons. The summed E-state index contributed by atoms with van der Waals surface area (Å²) in [7, 11) is 0. The van der Waals surface area contributed by atoms with Gasteiger partial charge in [0.2, 0.25) is 5.91 Å². The number of benzene rings is 1. The van der Waals surface area contributed by atoms with Gasteiger partial charge in [-0.05, 0) is 48.8 Å². The van der Waals surface area contributed by atoms with Gasteiger partial charge in [-0.1, -0.05) is 0 Å². The Morgan fingerprint density at radius 2 is 2.13 bits per heavy atom. The summed E-state index contributed by atoms with van der Waals surface area (Å²) in [5, 5.41) is 5.16. The van der Waals surface area contributed by atoms with Gasteiger partial charge >= 0.3 is 5.97 Å². The Bertz CT molecular complexity index is 1120. The molecule has 1 aromatic carbocycles. The van der Waals surface area contributed by atoms with E-state index < -0.39 is 17.6 Å². The lowest BCUT2D eigenvalue weighted by Gasteiger charge is -2.08. The molecule has 1 N–H and O–H groups in total. The fraction of sp³-hybridized carbons (Fsp3) is 0.318. The lowest BCUT2D eigenvalue weighted by atomic mass is 10.1. The first-order valence-corrected chi connectivity index (χ1v) is 10.8. The SMILES string of the molecule is CCOC(=O)c1c(C2CC2)csc1NC(=O)CCc1ncc(-c2ccc(F)cc2F)o1. The van der Waals surface area contributed by atoms with Crippen molar-refractivity contribution in [3.05, 3.63) is 58.4 Å². The van der Waals surface area contributed by atoms with E-state index in [4.69, 9.17) is 9.15 Å². The summed E-state index contributed by atoms with van der Waals surface area (Å²) in [5.74, 6) is -1.41. The monoisotopic (exact) mass is 446 g/mol. The number of nitrogens with zero attached hydrogens (tertiary/aromatic N) is 1. The van der Waals surface area contributed by atoms with Crippen LogP contribution in [-0.2, 0) is 16.0 Å². The van der Waals surface area contributed by atoms with E-state index in [-0.39, 0.29) is 42.6 Å². The number of aromatic nitrogens is 1. The molecule has 1 aliphatic carbocycles. The molecule has 1 fully saturated rings. The van der Waals surface area contributed by atoms with Crippen molar-refractivity contribution in [1.29, 1.82) is 0 Å². The number of oxazole rings is 1. The fourth-order valence-corrected chi connectivity index (χ4v) is 4.27. The third kappa shape index (κ3) is 4.82. The topological polar surface area (TPSA) is 81.4 Å². The zero-order chi connectivity index (χ0) is 22.0. The minimum absolute atomic E-state index is 0.0603. The number of rotatable bonds is 8. The van der Waals surface area contributed by atoms with E-state index in [1.807, 2.05) is 5.38 Å². The van der Waals surface area contributed by atoms with Gasteiger partial charge in [-0.2, -0.15) is 0 Å². The number of thiophene rings is 1. The number of hydrogen-bond donors (Lipinski definition) is 1. The number of anilines is 1. The number of amides is 1. The maximum atomic E-state index is 13.9. The molecule has 2 aromatic heterocycles. The van der Waals surface area contributed by atoms with Gasteiger partial charge in [-0.15, -0.1) is 11.3 Å². The molecule has 0 saturated heterocycles. The van der Waals surface area contributed by atoms with Crippen LogP contribution in [0.2, 0.25) is 0 Å². The van der Waals surface area contributed by atoms with E-state index in [9.17, 15) is 18.4 Å². The van der Waals surface area contributed by atoms with Crippen molar-refractivity contribution in [2.24, 2.45) is 0 Å². The number of ether oxygens (including phenoxy) is 1. The average molecular weight is 446 g/mol. The largest absolute Gasteiger partial charge is 0.462 e. The van der Waals surface area contributed by atoms with Gasteiger partial charge in [0.1, 0.15) is 16.6 Å². The highest BCUT2D eigenvalue weighted by Gasteiger charge is 2.32. The van der Waals surface area contributed by atoms with Gasteiger partial charge in [0, 0.05) is 18.9 Å². The van der Waals surface area contributed by atoms with E-state index in [1.54, 1.807) is 6.92 Å². The Kier molecular flexibility index (Phi) is 6.13. The van der Waals surface area contributed by atoms with Crippen molar-refractivity contribution in [1.82, 2.24) is 4.98 Å². The van der Waals surface area contributed by atoms with Crippen LogP contribution < -0.4 is 5.32 Å². The molecule has 3 aromatic rings. The fourth-order valence-electron chi connectivity index (χ4n) is 3.22. The summed E-state index contributed by atoms with van der Waals surface area (Å²) in [5.41, 5.74) is 1.46. The number of nitrogens with one attached hydrogen (secondary N) is 1. The Hall–Kier alpha value is -3.07. The summed E-state index contributed by atoms with van der Waals surface area (Å²) < 4.78 is 37.6. The van der Waals surface area contributed by atoms with Gasteiger partial charge in [-0.25, -0.2) is 18.6 Å². The third-order valence-corrected chi connectivity index (χ3v) is 5.80. The smallest absolute Gasteiger partial charge is 0.341 e. The second-order valence-electron chi connectivity index (χ2n) is 7.18. The van der Waals surface area contributed by atoms with Crippen molar-refractivity contribution < 1.29 is 27.5 Å². The molecule has 1 amide bonds. The molecular formula is C22H20F2N2O4S. The van der Waals surface area contributed by atoms with Crippen molar-refractivity contribution in [2.45, 2.75) is 38.5 Å². The zero-order valence-electron chi connectivity index (χ0n) is 16.7. The Morgan fingerprint density at radius 1 is 1.32 bits per heavy atom. The Morgan fingerprint density at radius 3 is 2.84 bits per heavy atom. The molecule has 1 saturated carbocycles. The molecule has 9 heteroatoms. The second kappa shape index (κ2) is 8.97. The van der Waals surface area contributed by atoms with Gasteiger partial charge < -0.3 is 14.5 Å². The molecule has 0 unspecified atom stereocenters. The highest BCUT2D eigenvalue weighted by molar-refractivity contribution is 7.15. The summed E-state index contributed by atoms with van der Waals surface area (Å²) in [6.45, 7) is 2.00. The van der Waals surface area contributed by atoms with Crippen molar-refractivity contribution in [3.8, 4) is 11.3 Å². The van der Waals surface area contributed by atoms with Gasteiger partial charge in [0.05, 0.1) is 23.9 Å². The summed E-state index contributed by atoms with van der Waals surface area (Å²) in [6, 6.07) is 3.17. The number of aryl methyl sites for hydroxylation is 1.